The van der Waals surface area contributed by atoms with Crippen molar-refractivity contribution in [3.05, 3.63) is 48.0 Å². The fourth-order valence-electron chi connectivity index (χ4n) is 1.53. The van der Waals surface area contributed by atoms with E-state index in [1.165, 1.54) is 0 Å². The lowest BCUT2D eigenvalue weighted by molar-refractivity contribution is 0.413. The van der Waals surface area contributed by atoms with Crippen molar-refractivity contribution in [3.8, 4) is 17.2 Å². The number of aryl methyl sites for hydroxylation is 1. The van der Waals surface area contributed by atoms with Crippen molar-refractivity contribution in [2.75, 3.05) is 12.8 Å². The number of hydrogen-bond acceptors (Lipinski definition) is 3. The number of benzene rings is 2. The van der Waals surface area contributed by atoms with Crippen LogP contribution in [0.25, 0.3) is 0 Å². The SMILES string of the molecule is COc1ccc(Oc2ccc(C)cc2N)cc1. The average molecular weight is 229 g/mol. The summed E-state index contributed by atoms with van der Waals surface area (Å²) in [5.74, 6) is 2.20. The number of rotatable bonds is 3. The molecule has 0 atom stereocenters. The third kappa shape index (κ3) is 2.69. The Hall–Kier alpha value is -2.16. The van der Waals surface area contributed by atoms with E-state index >= 15 is 0 Å². The Morgan fingerprint density at radius 1 is 0.941 bits per heavy atom. The molecular formula is C14H15NO2. The summed E-state index contributed by atoms with van der Waals surface area (Å²) in [7, 11) is 1.63. The summed E-state index contributed by atoms with van der Waals surface area (Å²) < 4.78 is 10.8. The molecule has 0 aliphatic carbocycles. The second-order valence-corrected chi connectivity index (χ2v) is 3.82. The van der Waals surface area contributed by atoms with Gasteiger partial charge in [0.1, 0.15) is 17.2 Å². The molecule has 2 aromatic rings. The van der Waals surface area contributed by atoms with Crippen LogP contribution in [0.3, 0.4) is 0 Å². The first-order chi connectivity index (χ1) is 8.19. The van der Waals surface area contributed by atoms with Gasteiger partial charge in [-0.05, 0) is 48.9 Å². The van der Waals surface area contributed by atoms with Gasteiger partial charge in [0.25, 0.3) is 0 Å². The number of methoxy groups -OCH3 is 1. The lowest BCUT2D eigenvalue weighted by Crippen LogP contribution is -1.92. The minimum absolute atomic E-state index is 0.640. The third-order valence-corrected chi connectivity index (χ3v) is 2.45. The molecule has 2 rings (SSSR count). The summed E-state index contributed by atoms with van der Waals surface area (Å²) in [4.78, 5) is 0. The summed E-state index contributed by atoms with van der Waals surface area (Å²) in [6.07, 6.45) is 0. The maximum absolute atomic E-state index is 5.88. The quantitative estimate of drug-likeness (QED) is 0.820. The van der Waals surface area contributed by atoms with E-state index in [9.17, 15) is 0 Å². The Bertz CT molecular complexity index is 506. The van der Waals surface area contributed by atoms with Crippen LogP contribution in [-0.2, 0) is 0 Å². The molecule has 0 spiro atoms. The molecule has 0 heterocycles. The first-order valence-corrected chi connectivity index (χ1v) is 5.37. The fraction of sp³-hybridized carbons (Fsp3) is 0.143. The van der Waals surface area contributed by atoms with Crippen LogP contribution in [0.5, 0.6) is 17.2 Å². The zero-order valence-electron chi connectivity index (χ0n) is 9.94. The zero-order chi connectivity index (χ0) is 12.3. The normalized spacial score (nSPS) is 10.0. The molecule has 0 fully saturated rings. The largest absolute Gasteiger partial charge is 0.497 e. The Kier molecular flexibility index (Phi) is 3.19. The van der Waals surface area contributed by atoms with E-state index in [2.05, 4.69) is 0 Å². The first kappa shape index (κ1) is 11.3. The Morgan fingerprint density at radius 2 is 1.59 bits per heavy atom. The number of anilines is 1. The van der Waals surface area contributed by atoms with Gasteiger partial charge in [0.2, 0.25) is 0 Å². The maximum atomic E-state index is 5.88. The molecule has 0 unspecified atom stereocenters. The smallest absolute Gasteiger partial charge is 0.150 e. The number of nitrogens with two attached hydrogens (primary N) is 1. The van der Waals surface area contributed by atoms with Crippen molar-refractivity contribution in [3.63, 3.8) is 0 Å². The molecule has 0 aliphatic rings. The minimum Gasteiger partial charge on any atom is -0.497 e. The predicted molar refractivity (Wildman–Crippen MR) is 68.7 cm³/mol. The summed E-state index contributed by atoms with van der Waals surface area (Å²) in [6, 6.07) is 13.1. The van der Waals surface area contributed by atoms with Gasteiger partial charge in [0.15, 0.2) is 0 Å². The van der Waals surface area contributed by atoms with Gasteiger partial charge in [-0.1, -0.05) is 6.07 Å². The Balaban J connectivity index is 2.19. The van der Waals surface area contributed by atoms with Crippen molar-refractivity contribution in [1.29, 1.82) is 0 Å². The van der Waals surface area contributed by atoms with Crippen LogP contribution in [0.2, 0.25) is 0 Å². The van der Waals surface area contributed by atoms with Crippen LogP contribution in [-0.4, -0.2) is 7.11 Å². The van der Waals surface area contributed by atoms with E-state index in [4.69, 9.17) is 15.2 Å². The van der Waals surface area contributed by atoms with Gasteiger partial charge in [-0.3, -0.25) is 0 Å². The number of ether oxygens (including phenoxy) is 2. The van der Waals surface area contributed by atoms with Crippen molar-refractivity contribution < 1.29 is 9.47 Å². The average Bonchev–Trinajstić information content (AvgIpc) is 2.34. The second kappa shape index (κ2) is 4.78. The van der Waals surface area contributed by atoms with E-state index in [0.29, 0.717) is 11.4 Å². The van der Waals surface area contributed by atoms with E-state index in [0.717, 1.165) is 17.1 Å². The summed E-state index contributed by atoms with van der Waals surface area (Å²) in [5, 5.41) is 0. The van der Waals surface area contributed by atoms with Crippen molar-refractivity contribution in [2.45, 2.75) is 6.92 Å². The van der Waals surface area contributed by atoms with Crippen molar-refractivity contribution >= 4 is 5.69 Å². The summed E-state index contributed by atoms with van der Waals surface area (Å²) in [6.45, 7) is 1.99. The van der Waals surface area contributed by atoms with Gasteiger partial charge in [0, 0.05) is 0 Å². The Labute approximate surface area is 101 Å². The zero-order valence-corrected chi connectivity index (χ0v) is 9.94. The molecule has 17 heavy (non-hydrogen) atoms. The number of hydrogen-bond donors (Lipinski definition) is 1. The molecule has 2 aromatic carbocycles. The van der Waals surface area contributed by atoms with Crippen LogP contribution < -0.4 is 15.2 Å². The van der Waals surface area contributed by atoms with Crippen LogP contribution in [0, 0.1) is 6.92 Å². The molecule has 0 saturated carbocycles. The topological polar surface area (TPSA) is 44.5 Å². The fourth-order valence-corrected chi connectivity index (χ4v) is 1.53. The van der Waals surface area contributed by atoms with Gasteiger partial charge < -0.3 is 15.2 Å². The molecule has 0 aliphatic heterocycles. The Morgan fingerprint density at radius 3 is 2.18 bits per heavy atom. The molecule has 3 heteroatoms. The van der Waals surface area contributed by atoms with Gasteiger partial charge in [-0.2, -0.15) is 0 Å². The first-order valence-electron chi connectivity index (χ1n) is 5.37. The summed E-state index contributed by atoms with van der Waals surface area (Å²) in [5.41, 5.74) is 7.63. The minimum atomic E-state index is 0.640. The molecule has 0 saturated heterocycles. The highest BCUT2D eigenvalue weighted by Crippen LogP contribution is 2.28. The van der Waals surface area contributed by atoms with E-state index in [1.807, 2.05) is 49.4 Å². The van der Waals surface area contributed by atoms with Gasteiger partial charge in [-0.25, -0.2) is 0 Å². The maximum Gasteiger partial charge on any atom is 0.150 e. The molecule has 88 valence electrons. The van der Waals surface area contributed by atoms with Crippen LogP contribution in [0.4, 0.5) is 5.69 Å². The highest BCUT2D eigenvalue weighted by Gasteiger charge is 2.02. The van der Waals surface area contributed by atoms with E-state index < -0.39 is 0 Å². The van der Waals surface area contributed by atoms with Crippen LogP contribution in [0.15, 0.2) is 42.5 Å². The van der Waals surface area contributed by atoms with Crippen molar-refractivity contribution in [2.24, 2.45) is 0 Å². The lowest BCUT2D eigenvalue weighted by Gasteiger charge is -2.09. The highest BCUT2D eigenvalue weighted by atomic mass is 16.5. The molecule has 0 aromatic heterocycles. The van der Waals surface area contributed by atoms with Gasteiger partial charge in [-0.15, -0.1) is 0 Å². The van der Waals surface area contributed by atoms with E-state index in [-0.39, 0.29) is 0 Å². The van der Waals surface area contributed by atoms with Crippen LogP contribution >= 0.6 is 0 Å². The molecule has 0 amide bonds. The molecule has 0 radical (unpaired) electrons. The van der Waals surface area contributed by atoms with Crippen LogP contribution in [0.1, 0.15) is 5.56 Å². The molecular weight excluding hydrogens is 214 g/mol. The third-order valence-electron chi connectivity index (χ3n) is 2.45. The predicted octanol–water partition coefficient (Wildman–Crippen LogP) is 3.38. The monoisotopic (exact) mass is 229 g/mol. The molecule has 2 N–H and O–H groups in total. The van der Waals surface area contributed by atoms with Gasteiger partial charge in [0.05, 0.1) is 12.8 Å². The second-order valence-electron chi connectivity index (χ2n) is 3.82. The summed E-state index contributed by atoms with van der Waals surface area (Å²) >= 11 is 0. The standard InChI is InChI=1S/C14H15NO2/c1-10-3-8-14(13(15)9-10)17-12-6-4-11(16-2)5-7-12/h3-9H,15H2,1-2H3. The van der Waals surface area contributed by atoms with Crippen molar-refractivity contribution in [1.82, 2.24) is 0 Å². The highest BCUT2D eigenvalue weighted by molar-refractivity contribution is 5.55. The van der Waals surface area contributed by atoms with Gasteiger partial charge >= 0.3 is 0 Å². The van der Waals surface area contributed by atoms with E-state index in [1.54, 1.807) is 7.11 Å². The lowest BCUT2D eigenvalue weighted by atomic mass is 10.2. The molecule has 3 nitrogen and oxygen atoms in total. The molecule has 0 bridgehead atoms. The number of nitrogen functional groups attached to an aromatic ring is 1.